The van der Waals surface area contributed by atoms with Crippen LogP contribution in [0.2, 0.25) is 10.0 Å². The molecule has 6 heteroatoms. The van der Waals surface area contributed by atoms with Gasteiger partial charge in [0.05, 0.1) is 6.57 Å². The van der Waals surface area contributed by atoms with Crippen molar-refractivity contribution in [2.24, 2.45) is 5.41 Å². The lowest BCUT2D eigenvalue weighted by Gasteiger charge is -2.36. The van der Waals surface area contributed by atoms with Crippen LogP contribution in [0.5, 0.6) is 0 Å². The van der Waals surface area contributed by atoms with Crippen molar-refractivity contribution in [1.29, 1.82) is 10.5 Å². The second-order valence-corrected chi connectivity index (χ2v) is 7.68. The Morgan fingerprint density at radius 1 is 1.16 bits per heavy atom. The molecule has 126 valence electrons. The zero-order valence-corrected chi connectivity index (χ0v) is 15.7. The molecule has 0 spiro atoms. The number of hydrogen-bond donors (Lipinski definition) is 0. The highest BCUT2D eigenvalue weighted by atomic mass is 35.5. The van der Waals surface area contributed by atoms with Crippen LogP contribution in [0.3, 0.4) is 0 Å². The molecular weight excluding hydrogens is 357 g/mol. The molecule has 4 nitrogen and oxygen atoms in total. The van der Waals surface area contributed by atoms with E-state index < -0.39 is 11.0 Å². The SMILES string of the molecule is [C-]#[N+]C1=C(C(C)(C)C)C(C)(c2cc(Cl)cc(Cl)c2)OC1=C(C#N)C#N. The van der Waals surface area contributed by atoms with Crippen molar-refractivity contribution in [2.45, 2.75) is 33.3 Å². The largest absolute Gasteiger partial charge is 0.489 e. The Morgan fingerprint density at radius 2 is 1.68 bits per heavy atom. The lowest BCUT2D eigenvalue weighted by molar-refractivity contribution is 0.0585. The van der Waals surface area contributed by atoms with E-state index >= 15 is 0 Å². The van der Waals surface area contributed by atoms with Gasteiger partial charge in [0.25, 0.3) is 0 Å². The molecule has 0 N–H and O–H groups in total. The molecule has 0 saturated carbocycles. The van der Waals surface area contributed by atoms with Crippen LogP contribution >= 0.6 is 23.2 Å². The highest BCUT2D eigenvalue weighted by Crippen LogP contribution is 2.54. The Labute approximate surface area is 157 Å². The summed E-state index contributed by atoms with van der Waals surface area (Å²) in [5.74, 6) is 0.00326. The van der Waals surface area contributed by atoms with Crippen LogP contribution in [0.4, 0.5) is 0 Å². The number of allylic oxidation sites excluding steroid dienone is 1. The molecule has 0 bridgehead atoms. The van der Waals surface area contributed by atoms with Crippen molar-refractivity contribution in [1.82, 2.24) is 0 Å². The normalized spacial score (nSPS) is 19.7. The average Bonchev–Trinajstić information content (AvgIpc) is 2.81. The fraction of sp³-hybridized carbons (Fsp3) is 0.316. The molecule has 0 saturated heterocycles. The quantitative estimate of drug-likeness (QED) is 0.465. The number of ether oxygens (including phenoxy) is 1. The maximum Gasteiger partial charge on any atom is 0.234 e. The van der Waals surface area contributed by atoms with Crippen LogP contribution in [0.25, 0.3) is 4.85 Å². The molecule has 1 atom stereocenters. The summed E-state index contributed by atoms with van der Waals surface area (Å²) >= 11 is 12.3. The van der Waals surface area contributed by atoms with Crippen LogP contribution in [-0.2, 0) is 10.3 Å². The topological polar surface area (TPSA) is 61.2 Å². The first-order chi connectivity index (χ1) is 11.6. The molecular formula is C19H15Cl2N3O. The smallest absolute Gasteiger partial charge is 0.234 e. The number of benzene rings is 1. The van der Waals surface area contributed by atoms with Crippen LogP contribution in [0.15, 0.2) is 40.8 Å². The van der Waals surface area contributed by atoms with Crippen molar-refractivity contribution in [3.8, 4) is 12.1 Å². The highest BCUT2D eigenvalue weighted by molar-refractivity contribution is 6.34. The predicted octanol–water partition coefficient (Wildman–Crippen LogP) is 5.76. The Balaban J connectivity index is 2.91. The fourth-order valence-corrected chi connectivity index (χ4v) is 3.67. The summed E-state index contributed by atoms with van der Waals surface area (Å²) in [4.78, 5) is 3.58. The fourth-order valence-electron chi connectivity index (χ4n) is 3.15. The Bertz CT molecular complexity index is 897. The van der Waals surface area contributed by atoms with Gasteiger partial charge in [-0.05, 0) is 36.1 Å². The molecule has 25 heavy (non-hydrogen) atoms. The standard InChI is InChI=1S/C19H15Cl2N3O/c1-18(2,3)17-15(24-5)16(11(9-22)10-23)25-19(17,4)12-6-13(20)8-14(21)7-12/h6-8H,1-4H3. The molecule has 2 rings (SSSR count). The van der Waals surface area contributed by atoms with Gasteiger partial charge >= 0.3 is 0 Å². The number of nitriles is 2. The zero-order chi connectivity index (χ0) is 19.0. The number of nitrogens with zero attached hydrogens (tertiary/aromatic N) is 3. The van der Waals surface area contributed by atoms with Gasteiger partial charge in [0.1, 0.15) is 17.7 Å². The molecule has 1 aliphatic heterocycles. The van der Waals surface area contributed by atoms with Gasteiger partial charge in [0, 0.05) is 15.6 Å². The summed E-state index contributed by atoms with van der Waals surface area (Å²) in [5, 5.41) is 19.3. The summed E-state index contributed by atoms with van der Waals surface area (Å²) in [6.07, 6.45) is 0. The maximum atomic E-state index is 9.24. The van der Waals surface area contributed by atoms with Crippen molar-refractivity contribution < 1.29 is 4.74 Å². The monoisotopic (exact) mass is 371 g/mol. The van der Waals surface area contributed by atoms with E-state index in [4.69, 9.17) is 34.5 Å². The third-order valence-electron chi connectivity index (χ3n) is 3.96. The van der Waals surface area contributed by atoms with E-state index in [1.807, 2.05) is 20.8 Å². The summed E-state index contributed by atoms with van der Waals surface area (Å²) in [6, 6.07) is 8.64. The van der Waals surface area contributed by atoms with Crippen LogP contribution in [0.1, 0.15) is 33.3 Å². The van der Waals surface area contributed by atoms with Gasteiger partial charge in [-0.25, -0.2) is 4.85 Å². The first kappa shape index (κ1) is 18.9. The molecule has 0 radical (unpaired) electrons. The van der Waals surface area contributed by atoms with Gasteiger partial charge in [-0.2, -0.15) is 10.5 Å². The van der Waals surface area contributed by atoms with E-state index in [1.165, 1.54) is 0 Å². The third-order valence-corrected chi connectivity index (χ3v) is 4.40. The van der Waals surface area contributed by atoms with Gasteiger partial charge in [-0.15, -0.1) is 0 Å². The molecule has 0 aliphatic carbocycles. The van der Waals surface area contributed by atoms with Crippen molar-refractivity contribution in [3.63, 3.8) is 0 Å². The molecule has 0 amide bonds. The highest BCUT2D eigenvalue weighted by Gasteiger charge is 2.49. The Kier molecular flexibility index (Phi) is 4.87. The van der Waals surface area contributed by atoms with Gasteiger partial charge in [-0.1, -0.05) is 44.0 Å². The van der Waals surface area contributed by atoms with E-state index in [0.717, 1.165) is 0 Å². The number of halogens is 2. The first-order valence-corrected chi connectivity index (χ1v) is 8.17. The second kappa shape index (κ2) is 6.45. The first-order valence-electron chi connectivity index (χ1n) is 7.41. The average molecular weight is 372 g/mol. The summed E-state index contributed by atoms with van der Waals surface area (Å²) < 4.78 is 6.06. The zero-order valence-electron chi connectivity index (χ0n) is 14.2. The molecule has 1 unspecified atom stereocenters. The van der Waals surface area contributed by atoms with Gasteiger partial charge in [0.15, 0.2) is 11.3 Å². The lowest BCUT2D eigenvalue weighted by atomic mass is 9.73. The Hall–Kier alpha value is -2.45. The summed E-state index contributed by atoms with van der Waals surface area (Å²) in [7, 11) is 0. The van der Waals surface area contributed by atoms with E-state index in [0.29, 0.717) is 21.2 Å². The molecule has 1 aromatic carbocycles. The maximum absolute atomic E-state index is 9.24. The minimum atomic E-state index is -1.07. The van der Waals surface area contributed by atoms with E-state index in [9.17, 15) is 10.5 Å². The molecule has 1 heterocycles. The summed E-state index contributed by atoms with van der Waals surface area (Å²) in [5.41, 5.74) is -0.247. The second-order valence-electron chi connectivity index (χ2n) is 6.81. The molecule has 1 aromatic rings. The van der Waals surface area contributed by atoms with Crippen molar-refractivity contribution in [2.75, 3.05) is 0 Å². The van der Waals surface area contributed by atoms with Crippen LogP contribution in [-0.4, -0.2) is 0 Å². The minimum absolute atomic E-state index is 0.00326. The van der Waals surface area contributed by atoms with Crippen molar-refractivity contribution in [3.05, 3.63) is 67.8 Å². The van der Waals surface area contributed by atoms with Gasteiger partial charge in [0.2, 0.25) is 5.70 Å². The van der Waals surface area contributed by atoms with Crippen LogP contribution in [0, 0.1) is 34.6 Å². The molecule has 1 aliphatic rings. The van der Waals surface area contributed by atoms with E-state index in [1.54, 1.807) is 37.3 Å². The van der Waals surface area contributed by atoms with Crippen LogP contribution < -0.4 is 0 Å². The number of hydrogen-bond acceptors (Lipinski definition) is 3. The third kappa shape index (κ3) is 3.22. The van der Waals surface area contributed by atoms with Crippen molar-refractivity contribution >= 4 is 23.2 Å². The number of rotatable bonds is 1. The van der Waals surface area contributed by atoms with Gasteiger partial charge < -0.3 is 4.74 Å². The lowest BCUT2D eigenvalue weighted by Crippen LogP contribution is -2.31. The summed E-state index contributed by atoms with van der Waals surface area (Å²) in [6.45, 7) is 15.2. The van der Waals surface area contributed by atoms with E-state index in [-0.39, 0.29) is 17.0 Å². The van der Waals surface area contributed by atoms with E-state index in [2.05, 4.69) is 4.85 Å². The van der Waals surface area contributed by atoms with Gasteiger partial charge in [-0.3, -0.25) is 0 Å². The molecule has 0 fully saturated rings. The Morgan fingerprint density at radius 3 is 2.08 bits per heavy atom. The minimum Gasteiger partial charge on any atom is -0.489 e. The predicted molar refractivity (Wildman–Crippen MR) is 96.2 cm³/mol. The molecule has 0 aromatic heterocycles.